The first-order chi connectivity index (χ1) is 10.5. The summed E-state index contributed by atoms with van der Waals surface area (Å²) < 4.78 is 0. The SMILES string of the molecule is CC(C)NC(=O)C(=O)NCC1CCN(Cc2cccs2)CC1. The van der Waals surface area contributed by atoms with Gasteiger partial charge in [0.2, 0.25) is 0 Å². The Morgan fingerprint density at radius 1 is 1.32 bits per heavy atom. The lowest BCUT2D eigenvalue weighted by molar-refractivity contribution is -0.139. The first-order valence-corrected chi connectivity index (χ1v) is 8.76. The van der Waals surface area contributed by atoms with Crippen molar-refractivity contribution in [2.45, 2.75) is 39.3 Å². The van der Waals surface area contributed by atoms with Crippen LogP contribution in [0.2, 0.25) is 0 Å². The summed E-state index contributed by atoms with van der Waals surface area (Å²) >= 11 is 1.80. The van der Waals surface area contributed by atoms with Crippen LogP contribution in [0.4, 0.5) is 0 Å². The van der Waals surface area contributed by atoms with Crippen molar-refractivity contribution in [3.63, 3.8) is 0 Å². The van der Waals surface area contributed by atoms with Crippen LogP contribution < -0.4 is 10.6 Å². The topological polar surface area (TPSA) is 61.4 Å². The van der Waals surface area contributed by atoms with Gasteiger partial charge in [0.25, 0.3) is 0 Å². The van der Waals surface area contributed by atoms with Gasteiger partial charge in [-0.3, -0.25) is 14.5 Å². The summed E-state index contributed by atoms with van der Waals surface area (Å²) in [5.41, 5.74) is 0. The van der Waals surface area contributed by atoms with Crippen LogP contribution in [0, 0.1) is 5.92 Å². The second-order valence-electron chi connectivity index (χ2n) is 6.14. The molecule has 0 bridgehead atoms. The van der Waals surface area contributed by atoms with Crippen molar-refractivity contribution in [1.82, 2.24) is 15.5 Å². The summed E-state index contributed by atoms with van der Waals surface area (Å²) in [5, 5.41) is 7.47. The fourth-order valence-electron chi connectivity index (χ4n) is 2.62. The zero-order chi connectivity index (χ0) is 15.9. The molecule has 6 heteroatoms. The highest BCUT2D eigenvalue weighted by Crippen LogP contribution is 2.20. The van der Waals surface area contributed by atoms with Gasteiger partial charge in [0.05, 0.1) is 0 Å². The van der Waals surface area contributed by atoms with Crippen LogP contribution in [0.3, 0.4) is 0 Å². The van der Waals surface area contributed by atoms with E-state index in [-0.39, 0.29) is 6.04 Å². The van der Waals surface area contributed by atoms with Gasteiger partial charge in [0.1, 0.15) is 0 Å². The number of hydrogen-bond acceptors (Lipinski definition) is 4. The third-order valence-electron chi connectivity index (χ3n) is 3.84. The highest BCUT2D eigenvalue weighted by atomic mass is 32.1. The number of likely N-dealkylation sites (tertiary alicyclic amines) is 1. The minimum absolute atomic E-state index is 0.0151. The number of nitrogens with zero attached hydrogens (tertiary/aromatic N) is 1. The molecule has 0 saturated carbocycles. The average Bonchev–Trinajstić information content (AvgIpc) is 2.98. The first-order valence-electron chi connectivity index (χ1n) is 7.88. The summed E-state index contributed by atoms with van der Waals surface area (Å²) in [7, 11) is 0. The van der Waals surface area contributed by atoms with Crippen LogP contribution in [0.1, 0.15) is 31.6 Å². The maximum absolute atomic E-state index is 11.7. The van der Waals surface area contributed by atoms with Gasteiger partial charge in [-0.25, -0.2) is 0 Å². The van der Waals surface area contributed by atoms with Crippen LogP contribution in [0.15, 0.2) is 17.5 Å². The van der Waals surface area contributed by atoms with Crippen LogP contribution in [-0.2, 0) is 16.1 Å². The molecule has 2 amide bonds. The van der Waals surface area contributed by atoms with E-state index in [0.29, 0.717) is 12.5 Å². The average molecular weight is 323 g/mol. The van der Waals surface area contributed by atoms with Crippen molar-refractivity contribution < 1.29 is 9.59 Å². The zero-order valence-corrected chi connectivity index (χ0v) is 14.1. The van der Waals surface area contributed by atoms with Gasteiger partial charge >= 0.3 is 11.8 Å². The van der Waals surface area contributed by atoms with Gasteiger partial charge < -0.3 is 10.6 Å². The third kappa shape index (κ3) is 5.42. The van der Waals surface area contributed by atoms with E-state index in [9.17, 15) is 9.59 Å². The van der Waals surface area contributed by atoms with E-state index >= 15 is 0 Å². The quantitative estimate of drug-likeness (QED) is 0.809. The normalized spacial score (nSPS) is 16.7. The predicted octanol–water partition coefficient (Wildman–Crippen LogP) is 1.60. The van der Waals surface area contributed by atoms with Gasteiger partial charge in [-0.05, 0) is 57.1 Å². The van der Waals surface area contributed by atoms with Crippen LogP contribution >= 0.6 is 11.3 Å². The van der Waals surface area contributed by atoms with Gasteiger partial charge in [0, 0.05) is 24.0 Å². The molecule has 1 aliphatic rings. The van der Waals surface area contributed by atoms with E-state index in [1.165, 1.54) is 4.88 Å². The maximum atomic E-state index is 11.7. The molecule has 1 saturated heterocycles. The summed E-state index contributed by atoms with van der Waals surface area (Å²) in [5.74, 6) is -0.588. The number of carbonyl (C=O) groups excluding carboxylic acids is 2. The molecule has 0 atom stereocenters. The molecule has 0 spiro atoms. The van der Waals surface area contributed by atoms with Crippen molar-refractivity contribution in [1.29, 1.82) is 0 Å². The number of carbonyl (C=O) groups is 2. The van der Waals surface area contributed by atoms with Crippen molar-refractivity contribution in [2.75, 3.05) is 19.6 Å². The smallest absolute Gasteiger partial charge is 0.309 e. The Bertz CT molecular complexity index is 480. The predicted molar refractivity (Wildman–Crippen MR) is 88.6 cm³/mol. The lowest BCUT2D eigenvalue weighted by Gasteiger charge is -2.31. The van der Waals surface area contributed by atoms with Gasteiger partial charge in [0.15, 0.2) is 0 Å². The number of hydrogen-bond donors (Lipinski definition) is 2. The van der Waals surface area contributed by atoms with E-state index in [1.54, 1.807) is 11.3 Å². The molecule has 1 aromatic heterocycles. The Hall–Kier alpha value is -1.40. The minimum atomic E-state index is -0.537. The molecule has 0 radical (unpaired) electrons. The van der Waals surface area contributed by atoms with Gasteiger partial charge in [-0.1, -0.05) is 6.07 Å². The summed E-state index contributed by atoms with van der Waals surface area (Å²) in [6, 6.07) is 4.24. The van der Waals surface area contributed by atoms with Crippen LogP contribution in [0.5, 0.6) is 0 Å². The Morgan fingerprint density at radius 3 is 2.64 bits per heavy atom. The van der Waals surface area contributed by atoms with E-state index in [1.807, 2.05) is 13.8 Å². The van der Waals surface area contributed by atoms with E-state index in [0.717, 1.165) is 32.5 Å². The van der Waals surface area contributed by atoms with E-state index in [2.05, 4.69) is 33.0 Å². The van der Waals surface area contributed by atoms with Gasteiger partial charge in [-0.2, -0.15) is 0 Å². The Labute approximate surface area is 136 Å². The molecule has 1 aromatic rings. The number of thiophene rings is 1. The maximum Gasteiger partial charge on any atom is 0.309 e. The fourth-order valence-corrected chi connectivity index (χ4v) is 3.36. The number of amides is 2. The van der Waals surface area contributed by atoms with Crippen LogP contribution in [0.25, 0.3) is 0 Å². The van der Waals surface area contributed by atoms with E-state index in [4.69, 9.17) is 0 Å². The minimum Gasteiger partial charge on any atom is -0.348 e. The fraction of sp³-hybridized carbons (Fsp3) is 0.625. The highest BCUT2D eigenvalue weighted by Gasteiger charge is 2.21. The summed E-state index contributed by atoms with van der Waals surface area (Å²) in [6.45, 7) is 7.40. The third-order valence-corrected chi connectivity index (χ3v) is 4.71. The monoisotopic (exact) mass is 323 g/mol. The van der Waals surface area contributed by atoms with Crippen molar-refractivity contribution in [2.24, 2.45) is 5.92 Å². The molecule has 2 rings (SSSR count). The number of nitrogens with one attached hydrogen (secondary N) is 2. The molecule has 122 valence electrons. The molecule has 0 aromatic carbocycles. The molecule has 0 aliphatic carbocycles. The first kappa shape index (κ1) is 17.0. The molecule has 2 N–H and O–H groups in total. The van der Waals surface area contributed by atoms with E-state index < -0.39 is 11.8 Å². The molecule has 22 heavy (non-hydrogen) atoms. The largest absolute Gasteiger partial charge is 0.348 e. The molecular formula is C16H25N3O2S. The zero-order valence-electron chi connectivity index (χ0n) is 13.3. The van der Waals surface area contributed by atoms with Crippen molar-refractivity contribution in [3.05, 3.63) is 22.4 Å². The van der Waals surface area contributed by atoms with Crippen molar-refractivity contribution in [3.8, 4) is 0 Å². The lowest BCUT2D eigenvalue weighted by Crippen LogP contribution is -2.45. The molecule has 1 fully saturated rings. The summed E-state index contributed by atoms with van der Waals surface area (Å²) in [6.07, 6.45) is 2.13. The standard InChI is InChI=1S/C16H25N3O2S/c1-12(2)18-16(21)15(20)17-10-13-5-7-19(8-6-13)11-14-4-3-9-22-14/h3-4,9,12-13H,5-8,10-11H2,1-2H3,(H,17,20)(H,18,21). The van der Waals surface area contributed by atoms with Crippen molar-refractivity contribution >= 4 is 23.2 Å². The summed E-state index contributed by atoms with van der Waals surface area (Å²) in [4.78, 5) is 27.0. The number of piperidine rings is 1. The molecule has 0 unspecified atom stereocenters. The lowest BCUT2D eigenvalue weighted by atomic mass is 9.97. The second-order valence-corrected chi connectivity index (χ2v) is 7.17. The Balaban J connectivity index is 1.65. The van der Waals surface area contributed by atoms with Gasteiger partial charge in [-0.15, -0.1) is 11.3 Å². The number of rotatable bonds is 5. The van der Waals surface area contributed by atoms with Crippen LogP contribution in [-0.4, -0.2) is 42.4 Å². The molecule has 1 aliphatic heterocycles. The molecular weight excluding hydrogens is 298 g/mol. The molecule has 2 heterocycles. The second kappa shape index (κ2) is 8.29. The Kier molecular flexibility index (Phi) is 6.39. The molecule has 5 nitrogen and oxygen atoms in total. The highest BCUT2D eigenvalue weighted by molar-refractivity contribution is 7.09. The Morgan fingerprint density at radius 2 is 2.05 bits per heavy atom.